The molecule has 1 atom stereocenters. The van der Waals surface area contributed by atoms with Gasteiger partial charge >= 0.3 is 0 Å². The molecule has 1 aliphatic heterocycles. The summed E-state index contributed by atoms with van der Waals surface area (Å²) < 4.78 is 0.721. The maximum Gasteiger partial charge on any atom is 0.246 e. The second-order valence-corrected chi connectivity index (χ2v) is 5.84. The van der Waals surface area contributed by atoms with Crippen LogP contribution in [-0.2, 0) is 4.79 Å². The molecule has 0 saturated carbocycles. The lowest BCUT2D eigenvalue weighted by atomic mass is 10.1. The van der Waals surface area contributed by atoms with E-state index in [0.29, 0.717) is 6.54 Å². The summed E-state index contributed by atoms with van der Waals surface area (Å²) in [5.41, 5.74) is 0. The number of likely N-dealkylation sites (tertiary alicyclic amines) is 1. The molecular weight excluding hydrogens is 258 g/mol. The van der Waals surface area contributed by atoms with E-state index in [-0.39, 0.29) is 18.4 Å². The van der Waals surface area contributed by atoms with Crippen molar-refractivity contribution in [2.24, 2.45) is 5.92 Å². The zero-order valence-electron chi connectivity index (χ0n) is 9.30. The Morgan fingerprint density at radius 2 is 2.47 bits per heavy atom. The van der Waals surface area contributed by atoms with Crippen LogP contribution in [0.5, 0.6) is 0 Å². The first-order valence-corrected chi connectivity index (χ1v) is 6.71. The number of hydrogen-bond donors (Lipinski definition) is 1. The summed E-state index contributed by atoms with van der Waals surface area (Å²) in [5, 5.41) is 9.01. The number of rotatable bonds is 3. The molecule has 5 heteroatoms. The monoisotopic (exact) mass is 271 g/mol. The summed E-state index contributed by atoms with van der Waals surface area (Å²) in [7, 11) is 0. The number of thiophene rings is 1. The lowest BCUT2D eigenvalue weighted by molar-refractivity contribution is -0.125. The lowest BCUT2D eigenvalue weighted by Gasteiger charge is -2.13. The Kier molecular flexibility index (Phi) is 4.20. The fourth-order valence-electron chi connectivity index (χ4n) is 1.86. The summed E-state index contributed by atoms with van der Waals surface area (Å²) in [6.45, 7) is 1.55. The average Bonchev–Trinajstić information content (AvgIpc) is 2.94. The molecule has 92 valence electrons. The predicted molar refractivity (Wildman–Crippen MR) is 70.1 cm³/mol. The minimum Gasteiger partial charge on any atom is -0.396 e. The van der Waals surface area contributed by atoms with Crippen molar-refractivity contribution < 1.29 is 9.90 Å². The fourth-order valence-corrected chi connectivity index (χ4v) is 2.82. The number of aliphatic hydroxyl groups excluding tert-OH is 1. The van der Waals surface area contributed by atoms with Gasteiger partial charge in [0.15, 0.2) is 0 Å². The van der Waals surface area contributed by atoms with Crippen LogP contribution in [0, 0.1) is 5.92 Å². The third kappa shape index (κ3) is 3.31. The maximum absolute atomic E-state index is 11.8. The molecule has 1 aromatic heterocycles. The molecular formula is C12H14ClNO2S. The first-order valence-electron chi connectivity index (χ1n) is 5.52. The van der Waals surface area contributed by atoms with Crippen molar-refractivity contribution in [3.8, 4) is 0 Å². The fraction of sp³-hybridized carbons (Fsp3) is 0.417. The van der Waals surface area contributed by atoms with Gasteiger partial charge in [-0.3, -0.25) is 4.79 Å². The SMILES string of the molecule is O=C(C=Cc1ccc(Cl)s1)N1CCC(CO)C1. The highest BCUT2D eigenvalue weighted by molar-refractivity contribution is 7.17. The number of nitrogens with zero attached hydrogens (tertiary/aromatic N) is 1. The van der Waals surface area contributed by atoms with Gasteiger partial charge in [0, 0.05) is 36.6 Å². The second-order valence-electron chi connectivity index (χ2n) is 4.10. The molecule has 1 amide bonds. The highest BCUT2D eigenvalue weighted by Gasteiger charge is 2.23. The quantitative estimate of drug-likeness (QED) is 0.857. The molecule has 1 N–H and O–H groups in total. The molecule has 0 aromatic carbocycles. The molecule has 2 heterocycles. The Balaban J connectivity index is 1.91. The van der Waals surface area contributed by atoms with Gasteiger partial charge in [-0.15, -0.1) is 11.3 Å². The van der Waals surface area contributed by atoms with E-state index in [1.54, 1.807) is 17.1 Å². The second kappa shape index (κ2) is 5.67. The Bertz CT molecular complexity index is 430. The van der Waals surface area contributed by atoms with Gasteiger partial charge in [-0.2, -0.15) is 0 Å². The number of carbonyl (C=O) groups excluding carboxylic acids is 1. The van der Waals surface area contributed by atoms with E-state index >= 15 is 0 Å². The molecule has 0 bridgehead atoms. The van der Waals surface area contributed by atoms with E-state index in [2.05, 4.69) is 0 Å². The van der Waals surface area contributed by atoms with Crippen molar-refractivity contribution in [2.75, 3.05) is 19.7 Å². The van der Waals surface area contributed by atoms with E-state index in [1.807, 2.05) is 12.1 Å². The summed E-state index contributed by atoms with van der Waals surface area (Å²) in [5.74, 6) is 0.244. The Hall–Kier alpha value is -0.840. The standard InChI is InChI=1S/C12H14ClNO2S/c13-11-3-1-10(17-11)2-4-12(16)14-6-5-9(7-14)8-15/h1-4,9,15H,5-8H2. The summed E-state index contributed by atoms with van der Waals surface area (Å²) >= 11 is 7.25. The van der Waals surface area contributed by atoms with Crippen molar-refractivity contribution >= 4 is 34.9 Å². The minimum absolute atomic E-state index is 0.00507. The van der Waals surface area contributed by atoms with E-state index in [4.69, 9.17) is 16.7 Å². The van der Waals surface area contributed by atoms with Crippen LogP contribution < -0.4 is 0 Å². The third-order valence-electron chi connectivity index (χ3n) is 2.84. The van der Waals surface area contributed by atoms with Gasteiger partial charge in [-0.25, -0.2) is 0 Å². The van der Waals surface area contributed by atoms with Crippen LogP contribution in [0.4, 0.5) is 0 Å². The third-order valence-corrected chi connectivity index (χ3v) is 4.04. The van der Waals surface area contributed by atoms with Crippen molar-refractivity contribution in [3.05, 3.63) is 27.4 Å². The molecule has 3 nitrogen and oxygen atoms in total. The molecule has 2 rings (SSSR count). The topological polar surface area (TPSA) is 40.5 Å². The van der Waals surface area contributed by atoms with Gasteiger partial charge in [-0.05, 0) is 24.6 Å². The Labute approximate surface area is 109 Å². The Morgan fingerprint density at radius 3 is 3.06 bits per heavy atom. The zero-order valence-corrected chi connectivity index (χ0v) is 10.9. The highest BCUT2D eigenvalue weighted by atomic mass is 35.5. The van der Waals surface area contributed by atoms with Crippen LogP contribution in [0.3, 0.4) is 0 Å². The summed E-state index contributed by atoms with van der Waals surface area (Å²) in [6.07, 6.45) is 4.24. The molecule has 0 spiro atoms. The molecule has 17 heavy (non-hydrogen) atoms. The molecule has 1 saturated heterocycles. The van der Waals surface area contributed by atoms with Gasteiger partial charge < -0.3 is 10.0 Å². The van der Waals surface area contributed by atoms with Gasteiger partial charge in [-0.1, -0.05) is 11.6 Å². The predicted octanol–water partition coefficient (Wildman–Crippen LogP) is 2.26. The number of aliphatic hydroxyl groups is 1. The van der Waals surface area contributed by atoms with Crippen LogP contribution in [0.15, 0.2) is 18.2 Å². The normalized spacial score (nSPS) is 20.4. The van der Waals surface area contributed by atoms with Gasteiger partial charge in [0.05, 0.1) is 4.34 Å². The van der Waals surface area contributed by atoms with Crippen LogP contribution in [-0.4, -0.2) is 35.6 Å². The summed E-state index contributed by atoms with van der Waals surface area (Å²) in [6, 6.07) is 3.70. The average molecular weight is 272 g/mol. The van der Waals surface area contributed by atoms with Crippen LogP contribution in [0.25, 0.3) is 6.08 Å². The van der Waals surface area contributed by atoms with E-state index in [0.717, 1.165) is 22.2 Å². The van der Waals surface area contributed by atoms with Crippen molar-refractivity contribution in [1.82, 2.24) is 4.90 Å². The lowest BCUT2D eigenvalue weighted by Crippen LogP contribution is -2.27. The van der Waals surface area contributed by atoms with Crippen LogP contribution >= 0.6 is 22.9 Å². The number of hydrogen-bond acceptors (Lipinski definition) is 3. The largest absolute Gasteiger partial charge is 0.396 e. The number of amides is 1. The first kappa shape index (κ1) is 12.6. The first-order chi connectivity index (χ1) is 8.19. The molecule has 0 aliphatic carbocycles. The minimum atomic E-state index is 0.00507. The van der Waals surface area contributed by atoms with E-state index < -0.39 is 0 Å². The van der Waals surface area contributed by atoms with E-state index in [9.17, 15) is 4.79 Å². The number of halogens is 1. The van der Waals surface area contributed by atoms with Crippen molar-refractivity contribution in [1.29, 1.82) is 0 Å². The molecule has 1 aromatic rings. The smallest absolute Gasteiger partial charge is 0.246 e. The maximum atomic E-state index is 11.8. The van der Waals surface area contributed by atoms with Gasteiger partial charge in [0.1, 0.15) is 0 Å². The van der Waals surface area contributed by atoms with Gasteiger partial charge in [0.25, 0.3) is 0 Å². The van der Waals surface area contributed by atoms with Crippen molar-refractivity contribution in [2.45, 2.75) is 6.42 Å². The van der Waals surface area contributed by atoms with Crippen LogP contribution in [0.1, 0.15) is 11.3 Å². The zero-order chi connectivity index (χ0) is 12.3. The summed E-state index contributed by atoms with van der Waals surface area (Å²) in [4.78, 5) is 14.6. The highest BCUT2D eigenvalue weighted by Crippen LogP contribution is 2.22. The van der Waals surface area contributed by atoms with E-state index in [1.165, 1.54) is 11.3 Å². The molecule has 0 radical (unpaired) electrons. The molecule has 1 aliphatic rings. The van der Waals surface area contributed by atoms with Crippen LogP contribution in [0.2, 0.25) is 4.34 Å². The Morgan fingerprint density at radius 1 is 1.65 bits per heavy atom. The van der Waals surface area contributed by atoms with Crippen molar-refractivity contribution in [3.63, 3.8) is 0 Å². The molecule has 1 fully saturated rings. The van der Waals surface area contributed by atoms with Gasteiger partial charge in [0.2, 0.25) is 5.91 Å². The molecule has 1 unspecified atom stereocenters. The number of carbonyl (C=O) groups is 1.